The number of likely N-dealkylation sites (tertiary alicyclic amines) is 2. The molecule has 0 radical (unpaired) electrons. The van der Waals surface area contributed by atoms with Crippen LogP contribution in [0.2, 0.25) is 0 Å². The number of amides is 6. The van der Waals surface area contributed by atoms with Crippen LogP contribution in [0.5, 0.6) is 0 Å². The van der Waals surface area contributed by atoms with Crippen molar-refractivity contribution in [2.45, 2.75) is 75.8 Å². The van der Waals surface area contributed by atoms with Crippen LogP contribution in [0.25, 0.3) is 0 Å². The van der Waals surface area contributed by atoms with E-state index in [1.165, 1.54) is 14.2 Å². The number of benzene rings is 5. The Hall–Kier alpha value is -7.68. The molecule has 7 rings (SSSR count). The van der Waals surface area contributed by atoms with Crippen LogP contribution >= 0.6 is 0 Å². The van der Waals surface area contributed by atoms with Crippen LogP contribution < -0.4 is 26.2 Å². The molecule has 2 fully saturated rings. The largest absolute Gasteiger partial charge is 0.453 e. The molecule has 6 amide bonds. The number of alkyl carbamates (subject to hydrolysis) is 2. The van der Waals surface area contributed by atoms with Crippen molar-refractivity contribution in [3.63, 3.8) is 0 Å². The summed E-state index contributed by atoms with van der Waals surface area (Å²) in [4.78, 5) is 84.8. The highest BCUT2D eigenvalue weighted by Crippen LogP contribution is 2.26. The molecular weight excluding hydrogens is 851 g/mol. The lowest BCUT2D eigenvalue weighted by atomic mass is 10.0. The maximum absolute atomic E-state index is 13.8. The Labute approximate surface area is 390 Å². The number of carbonyl (C=O) groups is 6. The maximum atomic E-state index is 13.8. The number of rotatable bonds is 17. The predicted octanol–water partition coefficient (Wildman–Crippen LogP) is 6.69. The topological polar surface area (TPSA) is 179 Å². The van der Waals surface area contributed by atoms with Crippen molar-refractivity contribution >= 4 is 52.9 Å². The number of para-hydroxylation sites is 1. The zero-order valence-corrected chi connectivity index (χ0v) is 37.8. The fourth-order valence-corrected chi connectivity index (χ4v) is 8.66. The van der Waals surface area contributed by atoms with Crippen LogP contribution in [0, 0.1) is 0 Å². The van der Waals surface area contributed by atoms with Gasteiger partial charge in [-0.1, -0.05) is 103 Å². The van der Waals surface area contributed by atoms with E-state index >= 15 is 0 Å². The van der Waals surface area contributed by atoms with E-state index < -0.39 is 36.4 Å². The number of carbonyl (C=O) groups excluding carboxylic acids is 6. The molecule has 2 saturated heterocycles. The van der Waals surface area contributed by atoms with Gasteiger partial charge < -0.3 is 45.4 Å². The molecule has 67 heavy (non-hydrogen) atoms. The molecule has 0 bridgehead atoms. The Morgan fingerprint density at radius 1 is 0.522 bits per heavy atom. The van der Waals surface area contributed by atoms with E-state index in [0.717, 1.165) is 27.9 Å². The van der Waals surface area contributed by atoms with Crippen molar-refractivity contribution < 1.29 is 38.2 Å². The summed E-state index contributed by atoms with van der Waals surface area (Å²) in [7, 11) is 2.49. The smallest absolute Gasteiger partial charge is 0.407 e. The second-order valence-corrected chi connectivity index (χ2v) is 16.7. The molecule has 0 aromatic heterocycles. The lowest BCUT2D eigenvalue weighted by Crippen LogP contribution is -2.53. The van der Waals surface area contributed by atoms with Crippen LogP contribution in [0.1, 0.15) is 47.9 Å². The van der Waals surface area contributed by atoms with Gasteiger partial charge in [-0.05, 0) is 84.3 Å². The average molecular weight is 908 g/mol. The third-order valence-corrected chi connectivity index (χ3v) is 12.1. The van der Waals surface area contributed by atoms with Gasteiger partial charge in [-0.3, -0.25) is 19.2 Å². The standard InChI is InChI=1S/C52H57N7O8/c1-66-51(64)55-43(32-36-14-6-3-7-15-36)49(62)58-30-12-20-45(58)47(60)53-40-26-22-38(23-27-40)34-57(42-18-10-5-11-19-42)35-39-24-28-41(29-25-39)54-48(61)46-21-13-31-59(46)50(63)44(56-52(65)67-2)33-37-16-8-4-9-17-37/h3-11,14-19,22-29,43-46H,12-13,20-21,30-35H2,1-2H3,(H,53,60)(H,54,61)(H,55,64)(H,56,65)/t43-,44-,45-,46-/m0/s1. The minimum absolute atomic E-state index is 0.256. The normalized spacial score (nSPS) is 16.3. The second-order valence-electron chi connectivity index (χ2n) is 16.7. The van der Waals surface area contributed by atoms with Gasteiger partial charge >= 0.3 is 12.2 Å². The summed E-state index contributed by atoms with van der Waals surface area (Å²) in [6.07, 6.45) is 1.38. The highest BCUT2D eigenvalue weighted by atomic mass is 16.5. The molecule has 2 heterocycles. The Kier molecular flexibility index (Phi) is 16.2. The summed E-state index contributed by atoms with van der Waals surface area (Å²) in [5.74, 6) is -1.27. The van der Waals surface area contributed by atoms with E-state index in [0.29, 0.717) is 63.2 Å². The molecular formula is C52H57N7O8. The highest BCUT2D eigenvalue weighted by Gasteiger charge is 2.39. The maximum Gasteiger partial charge on any atom is 0.407 e. The summed E-state index contributed by atoms with van der Waals surface area (Å²) in [6.45, 7) is 1.90. The molecule has 15 nitrogen and oxygen atoms in total. The Bertz CT molecular complexity index is 2300. The van der Waals surface area contributed by atoms with Crippen LogP contribution in [-0.2, 0) is 54.6 Å². The Morgan fingerprint density at radius 3 is 1.27 bits per heavy atom. The van der Waals surface area contributed by atoms with Crippen molar-refractivity contribution in [3.8, 4) is 0 Å². The number of ether oxygens (including phenoxy) is 2. The van der Waals surface area contributed by atoms with Gasteiger partial charge in [0.05, 0.1) is 14.2 Å². The first-order valence-electron chi connectivity index (χ1n) is 22.6. The fraction of sp³-hybridized carbons (Fsp3) is 0.308. The molecule has 5 aromatic rings. The molecule has 2 aliphatic heterocycles. The van der Waals surface area contributed by atoms with Gasteiger partial charge in [-0.25, -0.2) is 9.59 Å². The predicted molar refractivity (Wildman–Crippen MR) is 255 cm³/mol. The minimum atomic E-state index is -0.898. The van der Waals surface area contributed by atoms with E-state index in [1.807, 2.05) is 140 Å². The van der Waals surface area contributed by atoms with Crippen LogP contribution in [-0.4, -0.2) is 97.1 Å². The quantitative estimate of drug-likeness (QED) is 0.0792. The molecule has 5 aromatic carbocycles. The highest BCUT2D eigenvalue weighted by molar-refractivity contribution is 5.99. The lowest BCUT2D eigenvalue weighted by Gasteiger charge is -2.28. The van der Waals surface area contributed by atoms with Gasteiger partial charge in [-0.15, -0.1) is 0 Å². The van der Waals surface area contributed by atoms with Crippen molar-refractivity contribution in [3.05, 3.63) is 162 Å². The summed E-state index contributed by atoms with van der Waals surface area (Å²) in [5.41, 5.74) is 5.95. The van der Waals surface area contributed by atoms with Gasteiger partial charge in [-0.2, -0.15) is 0 Å². The molecule has 0 spiro atoms. The van der Waals surface area contributed by atoms with Gasteiger partial charge in [0.15, 0.2) is 0 Å². The first kappa shape index (κ1) is 47.3. The summed E-state index contributed by atoms with van der Waals surface area (Å²) >= 11 is 0. The molecule has 15 heteroatoms. The van der Waals surface area contributed by atoms with Gasteiger partial charge in [0.25, 0.3) is 0 Å². The number of hydrogen-bond acceptors (Lipinski definition) is 9. The summed E-state index contributed by atoms with van der Waals surface area (Å²) in [5, 5.41) is 11.3. The second kappa shape index (κ2) is 23.0. The number of nitrogens with zero attached hydrogens (tertiary/aromatic N) is 3. The van der Waals surface area contributed by atoms with Gasteiger partial charge in [0.2, 0.25) is 23.6 Å². The third kappa shape index (κ3) is 12.8. The third-order valence-electron chi connectivity index (χ3n) is 12.1. The fourth-order valence-electron chi connectivity index (χ4n) is 8.66. The van der Waals surface area contributed by atoms with Crippen molar-refractivity contribution in [1.82, 2.24) is 20.4 Å². The number of hydrogen-bond donors (Lipinski definition) is 4. The average Bonchev–Trinajstić information content (AvgIpc) is 4.07. The Balaban J connectivity index is 0.961. The van der Waals surface area contributed by atoms with Gasteiger partial charge in [0, 0.05) is 56.1 Å². The Morgan fingerprint density at radius 2 is 0.896 bits per heavy atom. The van der Waals surface area contributed by atoms with Crippen LogP contribution in [0.3, 0.4) is 0 Å². The molecule has 0 saturated carbocycles. The van der Waals surface area contributed by atoms with Crippen molar-refractivity contribution in [2.75, 3.05) is 42.8 Å². The monoisotopic (exact) mass is 907 g/mol. The van der Waals surface area contributed by atoms with E-state index in [4.69, 9.17) is 9.47 Å². The summed E-state index contributed by atoms with van der Waals surface area (Å²) < 4.78 is 9.60. The summed E-state index contributed by atoms with van der Waals surface area (Å²) in [6, 6.07) is 40.8. The van der Waals surface area contributed by atoms with Crippen LogP contribution in [0.4, 0.5) is 26.7 Å². The zero-order valence-electron chi connectivity index (χ0n) is 37.8. The van der Waals surface area contributed by atoms with Crippen molar-refractivity contribution in [2.24, 2.45) is 0 Å². The lowest BCUT2D eigenvalue weighted by molar-refractivity contribution is -0.138. The minimum Gasteiger partial charge on any atom is -0.453 e. The number of methoxy groups -OCH3 is 2. The molecule has 0 unspecified atom stereocenters. The van der Waals surface area contributed by atoms with E-state index in [1.54, 1.807) is 9.80 Å². The van der Waals surface area contributed by atoms with Crippen LogP contribution in [0.15, 0.2) is 140 Å². The first-order valence-corrected chi connectivity index (χ1v) is 22.6. The van der Waals surface area contributed by atoms with E-state index in [2.05, 4.69) is 26.2 Å². The molecule has 4 atom stereocenters. The zero-order chi connectivity index (χ0) is 47.1. The number of nitrogens with one attached hydrogen (secondary N) is 4. The first-order chi connectivity index (χ1) is 32.6. The number of anilines is 3. The SMILES string of the molecule is COC(=O)N[C@@H](Cc1ccccc1)C(=O)N1CCC[C@H]1C(=O)Nc1ccc(CN(Cc2ccc(NC(=O)[C@@H]3CCCN3C(=O)[C@H](Cc3ccccc3)NC(=O)OC)cc2)c2ccccc2)cc1. The molecule has 348 valence electrons. The van der Waals surface area contributed by atoms with Gasteiger partial charge in [0.1, 0.15) is 24.2 Å². The molecule has 4 N–H and O–H groups in total. The molecule has 2 aliphatic rings. The van der Waals surface area contributed by atoms with E-state index in [-0.39, 0.29) is 36.5 Å². The van der Waals surface area contributed by atoms with Crippen molar-refractivity contribution in [1.29, 1.82) is 0 Å². The van der Waals surface area contributed by atoms with E-state index in [9.17, 15) is 28.8 Å². The molecule has 0 aliphatic carbocycles.